The molecule has 0 unspecified atom stereocenters. The molecule has 0 radical (unpaired) electrons. The second kappa shape index (κ2) is 15.1. The number of benzene rings is 11. The molecule has 0 saturated carbocycles. The van der Waals surface area contributed by atoms with Gasteiger partial charge in [0.2, 0.25) is 0 Å². The summed E-state index contributed by atoms with van der Waals surface area (Å²) >= 11 is 0. The molecule has 0 fully saturated rings. The Hall–Kier alpha value is -8.20. The minimum absolute atomic E-state index is 0.676. The molecule has 0 bridgehead atoms. The Labute approximate surface area is 368 Å². The van der Waals surface area contributed by atoms with Gasteiger partial charge in [0.25, 0.3) is 0 Å². The second-order valence-electron chi connectivity index (χ2n) is 16.4. The van der Waals surface area contributed by atoms with Crippen LogP contribution < -0.4 is 9.80 Å². The van der Waals surface area contributed by atoms with Gasteiger partial charge in [0.1, 0.15) is 0 Å². The first-order valence-electron chi connectivity index (χ1n) is 21.8. The van der Waals surface area contributed by atoms with E-state index < -0.39 is 5.41 Å². The van der Waals surface area contributed by atoms with Crippen molar-refractivity contribution in [2.75, 3.05) is 9.80 Å². The smallest absolute Gasteiger partial charge is 0.0715 e. The lowest BCUT2D eigenvalue weighted by atomic mass is 9.67. The van der Waals surface area contributed by atoms with E-state index in [1.165, 1.54) is 65.7 Å². The van der Waals surface area contributed by atoms with Gasteiger partial charge in [-0.1, -0.05) is 200 Å². The van der Waals surface area contributed by atoms with Crippen LogP contribution >= 0.6 is 0 Å². The van der Waals surface area contributed by atoms with Crippen LogP contribution in [0.2, 0.25) is 0 Å². The highest BCUT2D eigenvalue weighted by molar-refractivity contribution is 6.14. The number of para-hydroxylation sites is 2. The number of nitrogens with zero attached hydrogens (tertiary/aromatic N) is 2. The van der Waals surface area contributed by atoms with Crippen molar-refractivity contribution < 1.29 is 0 Å². The molecule has 0 amide bonds. The molecule has 2 nitrogen and oxygen atoms in total. The van der Waals surface area contributed by atoms with E-state index in [0.717, 1.165) is 34.1 Å². The van der Waals surface area contributed by atoms with Crippen molar-refractivity contribution in [2.45, 2.75) is 5.41 Å². The van der Waals surface area contributed by atoms with Crippen molar-refractivity contribution in [3.05, 3.63) is 277 Å². The number of hydrogen-bond acceptors (Lipinski definition) is 2. The maximum Gasteiger partial charge on any atom is 0.0715 e. The predicted molar refractivity (Wildman–Crippen MR) is 266 cm³/mol. The highest BCUT2D eigenvalue weighted by Gasteiger charge is 2.48. The van der Waals surface area contributed by atoms with Gasteiger partial charge in [-0.25, -0.2) is 0 Å². The third kappa shape index (κ3) is 5.80. The van der Waals surface area contributed by atoms with Crippen LogP contribution in [0.3, 0.4) is 0 Å². The molecule has 0 spiro atoms. The van der Waals surface area contributed by atoms with Gasteiger partial charge in [0.05, 0.1) is 22.5 Å². The molecule has 0 N–H and O–H groups in total. The highest BCUT2D eigenvalue weighted by Crippen LogP contribution is 2.61. The summed E-state index contributed by atoms with van der Waals surface area (Å²) in [6.45, 7) is 0. The molecule has 11 aromatic rings. The zero-order chi connectivity index (χ0) is 41.7. The predicted octanol–water partition coefficient (Wildman–Crippen LogP) is 16.4. The molecule has 1 aliphatic rings. The fourth-order valence-electron chi connectivity index (χ4n) is 10.4. The fraction of sp³-hybridized carbons (Fsp3) is 0.0164. The van der Waals surface area contributed by atoms with Gasteiger partial charge in [0, 0.05) is 33.2 Å². The quantitative estimate of drug-likeness (QED) is 0.151. The highest BCUT2D eigenvalue weighted by atomic mass is 15.2. The molecule has 63 heavy (non-hydrogen) atoms. The molecular weight excluding hydrogens is 761 g/mol. The Balaban J connectivity index is 1.22. The summed E-state index contributed by atoms with van der Waals surface area (Å²) in [7, 11) is 0. The van der Waals surface area contributed by atoms with Gasteiger partial charge in [-0.15, -0.1) is 0 Å². The molecule has 296 valence electrons. The van der Waals surface area contributed by atoms with Crippen molar-refractivity contribution in [1.29, 1.82) is 0 Å². The summed E-state index contributed by atoms with van der Waals surface area (Å²) in [5.74, 6) is 0. The zero-order valence-electron chi connectivity index (χ0n) is 34.6. The monoisotopic (exact) mass is 802 g/mol. The van der Waals surface area contributed by atoms with E-state index in [0.29, 0.717) is 0 Å². The molecule has 0 aromatic heterocycles. The summed E-state index contributed by atoms with van der Waals surface area (Å²) in [5, 5.41) is 7.22. The maximum atomic E-state index is 2.54. The Bertz CT molecular complexity index is 3280. The minimum atomic E-state index is -0.676. The molecule has 11 aromatic carbocycles. The van der Waals surface area contributed by atoms with E-state index in [9.17, 15) is 0 Å². The van der Waals surface area contributed by atoms with Crippen LogP contribution in [0.5, 0.6) is 0 Å². The lowest BCUT2D eigenvalue weighted by Crippen LogP contribution is -2.29. The molecular formula is C61H42N2. The molecule has 1 aliphatic carbocycles. The summed E-state index contributed by atoms with van der Waals surface area (Å²) < 4.78 is 0. The third-order valence-corrected chi connectivity index (χ3v) is 13.1. The van der Waals surface area contributed by atoms with Crippen LogP contribution in [-0.4, -0.2) is 0 Å². The van der Waals surface area contributed by atoms with Crippen molar-refractivity contribution in [3.8, 4) is 11.1 Å². The van der Waals surface area contributed by atoms with Crippen LogP contribution in [0.4, 0.5) is 34.1 Å². The SMILES string of the molecule is c1ccc(N(c2ccccc2)c2ccc3c(c2)C(c2ccccc2)(c2ccccc2)c2cc(N(c4cccc5ccccc45)c4cccc5ccccc45)c4ccccc4c2-3)cc1. The summed E-state index contributed by atoms with van der Waals surface area (Å²) in [4.78, 5) is 4.92. The number of fused-ring (bicyclic) bond motifs is 7. The van der Waals surface area contributed by atoms with Crippen molar-refractivity contribution in [3.63, 3.8) is 0 Å². The maximum absolute atomic E-state index is 2.54. The number of rotatable bonds is 8. The van der Waals surface area contributed by atoms with Crippen molar-refractivity contribution >= 4 is 66.4 Å². The lowest BCUT2D eigenvalue weighted by Gasteiger charge is -2.36. The summed E-state index contributed by atoms with van der Waals surface area (Å²) in [6.07, 6.45) is 0. The standard InChI is InChI=1S/C61H42N2/c1-5-25-45(26-6-1)61(46-27-7-2-8-28-46)55-41-49(62(47-29-9-3-10-30-47)48-31-11-4-12-32-48)39-40-54(55)60-53-36-18-17-35-52(53)59(42-56(60)61)63(57-37-19-23-43-21-13-15-33-50(43)57)58-38-20-24-44-22-14-16-34-51(44)58/h1-42H. The Kier molecular flexibility index (Phi) is 8.76. The van der Waals surface area contributed by atoms with Crippen LogP contribution in [0.25, 0.3) is 43.4 Å². The van der Waals surface area contributed by atoms with E-state index in [1.807, 2.05) is 0 Å². The van der Waals surface area contributed by atoms with Gasteiger partial charge >= 0.3 is 0 Å². The molecule has 12 rings (SSSR count). The molecule has 0 heterocycles. The van der Waals surface area contributed by atoms with E-state index in [1.54, 1.807) is 0 Å². The summed E-state index contributed by atoms with van der Waals surface area (Å²) in [6, 6.07) is 93.6. The third-order valence-electron chi connectivity index (χ3n) is 13.1. The van der Waals surface area contributed by atoms with Crippen molar-refractivity contribution in [2.24, 2.45) is 0 Å². The molecule has 2 heteroatoms. The first-order chi connectivity index (χ1) is 31.3. The van der Waals surface area contributed by atoms with Crippen LogP contribution in [0.15, 0.2) is 255 Å². The van der Waals surface area contributed by atoms with Crippen LogP contribution in [0, 0.1) is 0 Å². The Morgan fingerprint density at radius 3 is 1.25 bits per heavy atom. The van der Waals surface area contributed by atoms with Gasteiger partial charge < -0.3 is 9.80 Å². The van der Waals surface area contributed by atoms with Crippen LogP contribution in [-0.2, 0) is 5.41 Å². The fourth-order valence-corrected chi connectivity index (χ4v) is 10.4. The first kappa shape index (κ1) is 36.6. The van der Waals surface area contributed by atoms with Gasteiger partial charge in [-0.3, -0.25) is 0 Å². The zero-order valence-corrected chi connectivity index (χ0v) is 34.6. The van der Waals surface area contributed by atoms with E-state index >= 15 is 0 Å². The topological polar surface area (TPSA) is 6.48 Å². The first-order valence-corrected chi connectivity index (χ1v) is 21.8. The lowest BCUT2D eigenvalue weighted by molar-refractivity contribution is 0.769. The van der Waals surface area contributed by atoms with Gasteiger partial charge in [-0.2, -0.15) is 0 Å². The van der Waals surface area contributed by atoms with Crippen molar-refractivity contribution in [1.82, 2.24) is 0 Å². The largest absolute Gasteiger partial charge is 0.310 e. The molecule has 0 atom stereocenters. The Morgan fingerprint density at radius 2 is 0.714 bits per heavy atom. The van der Waals surface area contributed by atoms with Crippen LogP contribution in [0.1, 0.15) is 22.3 Å². The average molecular weight is 803 g/mol. The van der Waals surface area contributed by atoms with Gasteiger partial charge in [-0.05, 0) is 104 Å². The average Bonchev–Trinajstić information content (AvgIpc) is 3.66. The number of hydrogen-bond donors (Lipinski definition) is 0. The minimum Gasteiger partial charge on any atom is -0.310 e. The van der Waals surface area contributed by atoms with Gasteiger partial charge in [0.15, 0.2) is 0 Å². The summed E-state index contributed by atoms with van der Waals surface area (Å²) in [5.41, 5.74) is 13.5. The van der Waals surface area contributed by atoms with E-state index in [-0.39, 0.29) is 0 Å². The van der Waals surface area contributed by atoms with E-state index in [2.05, 4.69) is 265 Å². The number of anilines is 6. The molecule has 0 saturated heterocycles. The second-order valence-corrected chi connectivity index (χ2v) is 16.4. The van der Waals surface area contributed by atoms with E-state index in [4.69, 9.17) is 0 Å². The molecule has 0 aliphatic heterocycles. The normalized spacial score (nSPS) is 12.6. The Morgan fingerprint density at radius 1 is 0.270 bits per heavy atom.